The van der Waals surface area contributed by atoms with Crippen LogP contribution in [0.3, 0.4) is 0 Å². The number of hydrogen-bond acceptors (Lipinski definition) is 4. The van der Waals surface area contributed by atoms with Crippen molar-refractivity contribution >= 4 is 17.5 Å². The second-order valence-electron chi connectivity index (χ2n) is 1.51. The number of carbonyl (C=O) groups excluding carboxylic acids is 1. The van der Waals surface area contributed by atoms with Crippen LogP contribution in [-0.2, 0) is 4.74 Å². The number of ether oxygens (including phenoxy) is 1. The van der Waals surface area contributed by atoms with Gasteiger partial charge in [0.2, 0.25) is 5.95 Å². The molecule has 5 heteroatoms. The van der Waals surface area contributed by atoms with Gasteiger partial charge in [0.05, 0.1) is 7.11 Å². The lowest BCUT2D eigenvalue weighted by atomic mass is 10.5. The fraction of sp³-hybridized carbons (Fsp3) is 0.200. The van der Waals surface area contributed by atoms with Crippen LogP contribution in [0, 0.1) is 5.95 Å². The Morgan fingerprint density at radius 2 is 2.60 bits per heavy atom. The van der Waals surface area contributed by atoms with E-state index in [4.69, 9.17) is 0 Å². The summed E-state index contributed by atoms with van der Waals surface area (Å²) in [4.78, 5) is 10.8. The number of esters is 1. The molecule has 0 amide bonds. The van der Waals surface area contributed by atoms with Gasteiger partial charge in [-0.25, -0.2) is 4.79 Å². The third-order valence-electron chi connectivity index (χ3n) is 0.868. The van der Waals surface area contributed by atoms with Crippen LogP contribution in [0.1, 0.15) is 9.67 Å². The predicted molar refractivity (Wildman–Crippen MR) is 33.4 cm³/mol. The fourth-order valence-corrected chi connectivity index (χ4v) is 0.997. The van der Waals surface area contributed by atoms with E-state index in [1.165, 1.54) is 7.11 Å². The quantitative estimate of drug-likeness (QED) is 0.578. The molecule has 10 heavy (non-hydrogen) atoms. The lowest BCUT2D eigenvalue weighted by Crippen LogP contribution is -1.96. The van der Waals surface area contributed by atoms with Crippen LogP contribution in [0.25, 0.3) is 0 Å². The summed E-state index contributed by atoms with van der Waals surface area (Å²) in [6.07, 6.45) is 0. The number of rotatable bonds is 1. The van der Waals surface area contributed by atoms with E-state index in [2.05, 4.69) is 9.11 Å². The average molecular weight is 161 g/mol. The molecule has 0 fully saturated rings. The van der Waals surface area contributed by atoms with Crippen molar-refractivity contribution in [3.05, 3.63) is 16.9 Å². The van der Waals surface area contributed by atoms with Gasteiger partial charge in [-0.3, -0.25) is 0 Å². The maximum atomic E-state index is 12.1. The fourth-order valence-electron chi connectivity index (χ4n) is 0.450. The van der Waals surface area contributed by atoms with E-state index in [1.54, 1.807) is 0 Å². The van der Waals surface area contributed by atoms with Crippen molar-refractivity contribution in [2.24, 2.45) is 0 Å². The van der Waals surface area contributed by atoms with Gasteiger partial charge in [-0.1, -0.05) is 0 Å². The van der Waals surface area contributed by atoms with Crippen LogP contribution in [0.5, 0.6) is 0 Å². The van der Waals surface area contributed by atoms with Gasteiger partial charge in [-0.15, -0.1) is 0 Å². The Labute approximate surface area is 60.6 Å². The third-order valence-corrected chi connectivity index (χ3v) is 1.61. The summed E-state index contributed by atoms with van der Waals surface area (Å²) < 4.78 is 19.7. The minimum absolute atomic E-state index is 0.181. The molecule has 0 bridgehead atoms. The van der Waals surface area contributed by atoms with E-state index < -0.39 is 11.9 Å². The van der Waals surface area contributed by atoms with E-state index >= 15 is 0 Å². The first-order chi connectivity index (χ1) is 4.74. The highest BCUT2D eigenvalue weighted by Crippen LogP contribution is 2.08. The minimum atomic E-state index is -0.648. The van der Waals surface area contributed by atoms with Crippen molar-refractivity contribution in [1.82, 2.24) is 4.37 Å². The van der Waals surface area contributed by atoms with E-state index in [-0.39, 0.29) is 4.88 Å². The standard InChI is InChI=1S/C5H4FNO2S/c1-9-5(8)3-2-4(6)7-10-3/h2H,1H3. The number of nitrogens with zero attached hydrogens (tertiary/aromatic N) is 1. The molecule has 0 radical (unpaired) electrons. The Balaban J connectivity index is 2.85. The second-order valence-corrected chi connectivity index (χ2v) is 2.31. The Morgan fingerprint density at radius 1 is 1.90 bits per heavy atom. The first kappa shape index (κ1) is 7.14. The van der Waals surface area contributed by atoms with Crippen LogP contribution in [0.4, 0.5) is 4.39 Å². The lowest BCUT2D eigenvalue weighted by Gasteiger charge is -1.89. The van der Waals surface area contributed by atoms with Gasteiger partial charge >= 0.3 is 5.97 Å². The van der Waals surface area contributed by atoms with Gasteiger partial charge in [-0.05, 0) is 11.5 Å². The second kappa shape index (κ2) is 2.74. The van der Waals surface area contributed by atoms with Gasteiger partial charge in [0.1, 0.15) is 4.88 Å². The number of hydrogen-bond donors (Lipinski definition) is 0. The predicted octanol–water partition coefficient (Wildman–Crippen LogP) is 1.07. The highest BCUT2D eigenvalue weighted by Gasteiger charge is 2.09. The molecule has 1 heterocycles. The molecular formula is C5H4FNO2S. The Kier molecular flexibility index (Phi) is 1.96. The number of carbonyl (C=O) groups is 1. The molecule has 54 valence electrons. The molecule has 0 unspecified atom stereocenters. The van der Waals surface area contributed by atoms with Gasteiger partial charge < -0.3 is 4.74 Å². The molecule has 0 saturated heterocycles. The number of aromatic nitrogens is 1. The highest BCUT2D eigenvalue weighted by molar-refractivity contribution is 7.07. The summed E-state index contributed by atoms with van der Waals surface area (Å²) in [5.41, 5.74) is 0. The number of methoxy groups -OCH3 is 1. The van der Waals surface area contributed by atoms with Gasteiger partial charge in [0.25, 0.3) is 0 Å². The van der Waals surface area contributed by atoms with Crippen molar-refractivity contribution in [2.75, 3.05) is 7.11 Å². The smallest absolute Gasteiger partial charge is 0.349 e. The van der Waals surface area contributed by atoms with Crippen molar-refractivity contribution < 1.29 is 13.9 Å². The van der Waals surface area contributed by atoms with E-state index in [0.717, 1.165) is 17.6 Å². The summed E-state index contributed by atoms with van der Waals surface area (Å²) in [5, 5.41) is 0. The van der Waals surface area contributed by atoms with E-state index in [0.29, 0.717) is 0 Å². The van der Waals surface area contributed by atoms with Crippen LogP contribution >= 0.6 is 11.5 Å². The summed E-state index contributed by atoms with van der Waals surface area (Å²) in [6.45, 7) is 0. The molecule has 0 atom stereocenters. The molecule has 0 spiro atoms. The first-order valence-corrected chi connectivity index (χ1v) is 3.22. The van der Waals surface area contributed by atoms with Crippen LogP contribution < -0.4 is 0 Å². The molecule has 0 saturated carbocycles. The Hall–Kier alpha value is -0.970. The van der Waals surface area contributed by atoms with E-state index in [1.807, 2.05) is 0 Å². The summed E-state index contributed by atoms with van der Waals surface area (Å²) in [7, 11) is 1.24. The Bertz CT molecular complexity index is 248. The topological polar surface area (TPSA) is 39.2 Å². The minimum Gasteiger partial charge on any atom is -0.465 e. The molecule has 0 aliphatic carbocycles. The normalized spacial score (nSPS) is 9.40. The molecule has 0 N–H and O–H groups in total. The molecule has 1 aromatic rings. The largest absolute Gasteiger partial charge is 0.465 e. The maximum Gasteiger partial charge on any atom is 0.349 e. The summed E-state index contributed by atoms with van der Waals surface area (Å²) in [6, 6.07) is 1.04. The lowest BCUT2D eigenvalue weighted by molar-refractivity contribution is 0.0606. The Morgan fingerprint density at radius 3 is 3.00 bits per heavy atom. The monoisotopic (exact) mass is 161 g/mol. The SMILES string of the molecule is COC(=O)c1cc(F)ns1. The van der Waals surface area contributed by atoms with Gasteiger partial charge in [0, 0.05) is 6.07 Å². The van der Waals surface area contributed by atoms with Crippen molar-refractivity contribution in [2.45, 2.75) is 0 Å². The van der Waals surface area contributed by atoms with Crippen molar-refractivity contribution in [1.29, 1.82) is 0 Å². The van der Waals surface area contributed by atoms with E-state index in [9.17, 15) is 9.18 Å². The maximum absolute atomic E-state index is 12.1. The summed E-state index contributed by atoms with van der Waals surface area (Å²) in [5.74, 6) is -1.20. The zero-order valence-electron chi connectivity index (χ0n) is 5.13. The molecule has 0 aliphatic rings. The molecule has 3 nitrogen and oxygen atoms in total. The molecule has 0 aliphatic heterocycles. The third kappa shape index (κ3) is 1.30. The number of halogens is 1. The zero-order chi connectivity index (χ0) is 7.56. The zero-order valence-corrected chi connectivity index (χ0v) is 5.94. The van der Waals surface area contributed by atoms with Crippen LogP contribution in [-0.4, -0.2) is 17.5 Å². The first-order valence-electron chi connectivity index (χ1n) is 2.44. The molecule has 1 rings (SSSR count). The van der Waals surface area contributed by atoms with Crippen molar-refractivity contribution in [3.63, 3.8) is 0 Å². The van der Waals surface area contributed by atoms with Gasteiger partial charge in [-0.2, -0.15) is 8.76 Å². The summed E-state index contributed by atoms with van der Waals surface area (Å²) >= 11 is 0.783. The molecular weight excluding hydrogens is 157 g/mol. The van der Waals surface area contributed by atoms with Crippen LogP contribution in [0.2, 0.25) is 0 Å². The highest BCUT2D eigenvalue weighted by atomic mass is 32.1. The molecule has 0 aromatic carbocycles. The van der Waals surface area contributed by atoms with Crippen molar-refractivity contribution in [3.8, 4) is 0 Å². The average Bonchev–Trinajstić information content (AvgIpc) is 2.34. The van der Waals surface area contributed by atoms with Gasteiger partial charge in [0.15, 0.2) is 0 Å². The molecule has 1 aromatic heterocycles. The van der Waals surface area contributed by atoms with Crippen LogP contribution in [0.15, 0.2) is 6.07 Å².